The van der Waals surface area contributed by atoms with E-state index >= 15 is 0 Å². The molecule has 1 aromatic heterocycles. The van der Waals surface area contributed by atoms with Gasteiger partial charge >= 0.3 is 11.7 Å². The number of ether oxygens (including phenoxy) is 2. The van der Waals surface area contributed by atoms with Gasteiger partial charge < -0.3 is 14.6 Å². The highest BCUT2D eigenvalue weighted by molar-refractivity contribution is 6.33. The summed E-state index contributed by atoms with van der Waals surface area (Å²) in [4.78, 5) is 43.2. The van der Waals surface area contributed by atoms with Gasteiger partial charge in [0.2, 0.25) is 5.88 Å². The smallest absolute Gasteiger partial charge is 0.339 e. The summed E-state index contributed by atoms with van der Waals surface area (Å²) in [7, 11) is 1.50. The van der Waals surface area contributed by atoms with Crippen molar-refractivity contribution < 1.29 is 19.4 Å². The Bertz CT molecular complexity index is 1300. The molecular weight excluding hydrogens is 450 g/mol. The molecule has 0 amide bonds. The fourth-order valence-electron chi connectivity index (χ4n) is 2.90. The van der Waals surface area contributed by atoms with Gasteiger partial charge in [0.25, 0.3) is 5.56 Å². The second-order valence-corrected chi connectivity index (χ2v) is 7.35. The number of unbranched alkanes of at least 4 members (excludes halogenated alkanes) is 1. The number of hydrogen-bond donors (Lipinski definition) is 2. The van der Waals surface area contributed by atoms with Crippen LogP contribution >= 0.6 is 11.6 Å². The Morgan fingerprint density at radius 3 is 2.61 bits per heavy atom. The van der Waals surface area contributed by atoms with Gasteiger partial charge in [0.1, 0.15) is 11.3 Å². The summed E-state index contributed by atoms with van der Waals surface area (Å²) < 4.78 is 11.2. The monoisotopic (exact) mass is 471 g/mol. The summed E-state index contributed by atoms with van der Waals surface area (Å²) >= 11 is 6.10. The molecule has 0 bridgehead atoms. The number of carbonyl (C=O) groups excluding carboxylic acids is 1. The van der Waals surface area contributed by atoms with Crippen LogP contribution in [0.3, 0.4) is 0 Å². The van der Waals surface area contributed by atoms with Gasteiger partial charge in [-0.1, -0.05) is 24.9 Å². The number of rotatable bonds is 8. The number of benzene rings is 2. The van der Waals surface area contributed by atoms with Gasteiger partial charge in [-0.05, 0) is 48.9 Å². The van der Waals surface area contributed by atoms with Gasteiger partial charge in [-0.25, -0.2) is 14.2 Å². The van der Waals surface area contributed by atoms with Crippen LogP contribution in [0.15, 0.2) is 57.0 Å². The summed E-state index contributed by atoms with van der Waals surface area (Å²) in [5.41, 5.74) is -1.14. The summed E-state index contributed by atoms with van der Waals surface area (Å²) in [6.45, 7) is 2.25. The average Bonchev–Trinajstić information content (AvgIpc) is 2.80. The third-order valence-corrected chi connectivity index (χ3v) is 5.02. The van der Waals surface area contributed by atoms with Crippen LogP contribution < -0.4 is 16.0 Å². The van der Waals surface area contributed by atoms with Crippen LogP contribution in [0.4, 0.5) is 5.69 Å². The first kappa shape index (κ1) is 23.8. The van der Waals surface area contributed by atoms with Crippen molar-refractivity contribution in [1.82, 2.24) is 9.55 Å². The van der Waals surface area contributed by atoms with Crippen molar-refractivity contribution in [3.8, 4) is 17.3 Å². The van der Waals surface area contributed by atoms with Crippen molar-refractivity contribution >= 4 is 29.5 Å². The quantitative estimate of drug-likeness (QED) is 0.294. The Balaban J connectivity index is 1.96. The number of methoxy groups -OCH3 is 1. The molecule has 2 aromatic carbocycles. The Hall–Kier alpha value is -3.85. The Morgan fingerprint density at radius 1 is 1.21 bits per heavy atom. The molecule has 0 saturated carbocycles. The number of aromatic hydroxyl groups is 1. The number of H-pyrrole nitrogens is 1. The number of nitrogens with one attached hydrogen (secondary N) is 1. The van der Waals surface area contributed by atoms with Gasteiger partial charge in [0, 0.05) is 6.21 Å². The van der Waals surface area contributed by atoms with E-state index in [0.717, 1.165) is 23.6 Å². The molecular formula is C23H22ClN3O6. The fourth-order valence-corrected chi connectivity index (χ4v) is 3.10. The molecule has 0 atom stereocenters. The van der Waals surface area contributed by atoms with Crippen molar-refractivity contribution in [2.75, 3.05) is 13.7 Å². The number of halogens is 1. The highest BCUT2D eigenvalue weighted by Crippen LogP contribution is 2.24. The Morgan fingerprint density at radius 2 is 1.94 bits per heavy atom. The zero-order chi connectivity index (χ0) is 24.0. The van der Waals surface area contributed by atoms with Crippen LogP contribution in [-0.4, -0.2) is 40.6 Å². The second kappa shape index (κ2) is 10.6. The van der Waals surface area contributed by atoms with E-state index in [1.165, 1.54) is 25.3 Å². The molecule has 172 valence electrons. The summed E-state index contributed by atoms with van der Waals surface area (Å²) in [6, 6.07) is 10.7. The lowest BCUT2D eigenvalue weighted by Crippen LogP contribution is -2.31. The normalized spacial score (nSPS) is 11.0. The zero-order valence-electron chi connectivity index (χ0n) is 18.0. The zero-order valence-corrected chi connectivity index (χ0v) is 18.8. The number of aliphatic imine (C=N–C) groups is 1. The van der Waals surface area contributed by atoms with Crippen molar-refractivity contribution in [1.29, 1.82) is 0 Å². The van der Waals surface area contributed by atoms with Crippen molar-refractivity contribution in [2.24, 2.45) is 4.99 Å². The first-order chi connectivity index (χ1) is 15.8. The third kappa shape index (κ3) is 5.50. The minimum atomic E-state index is -0.820. The van der Waals surface area contributed by atoms with Crippen LogP contribution in [0.5, 0.6) is 11.6 Å². The van der Waals surface area contributed by atoms with Gasteiger partial charge in [-0.3, -0.25) is 14.8 Å². The molecule has 9 nitrogen and oxygen atoms in total. The van der Waals surface area contributed by atoms with E-state index in [4.69, 9.17) is 21.1 Å². The first-order valence-corrected chi connectivity index (χ1v) is 10.5. The van der Waals surface area contributed by atoms with E-state index in [-0.39, 0.29) is 22.8 Å². The number of carbonyl (C=O) groups is 1. The van der Waals surface area contributed by atoms with Gasteiger partial charge in [0.05, 0.1) is 35.7 Å². The summed E-state index contributed by atoms with van der Waals surface area (Å²) in [5, 5.41) is 10.8. The summed E-state index contributed by atoms with van der Waals surface area (Å²) in [5.74, 6) is -0.616. The van der Waals surface area contributed by atoms with Gasteiger partial charge in [-0.15, -0.1) is 0 Å². The minimum Gasteiger partial charge on any atom is -0.497 e. The molecule has 0 aliphatic rings. The third-order valence-electron chi connectivity index (χ3n) is 4.70. The van der Waals surface area contributed by atoms with E-state index < -0.39 is 23.1 Å². The van der Waals surface area contributed by atoms with E-state index in [1.807, 2.05) is 6.92 Å². The molecule has 0 fully saturated rings. The highest BCUT2D eigenvalue weighted by atomic mass is 35.5. The van der Waals surface area contributed by atoms with Crippen LogP contribution in [0.1, 0.15) is 35.7 Å². The van der Waals surface area contributed by atoms with E-state index in [2.05, 4.69) is 9.98 Å². The molecule has 2 N–H and O–H groups in total. The first-order valence-electron chi connectivity index (χ1n) is 10.1. The molecule has 0 saturated heterocycles. The Kier molecular flexibility index (Phi) is 7.68. The molecule has 1 heterocycles. The number of aromatic amines is 1. The number of nitrogens with zero attached hydrogens (tertiary/aromatic N) is 2. The second-order valence-electron chi connectivity index (χ2n) is 6.94. The predicted octanol–water partition coefficient (Wildman–Crippen LogP) is 3.60. The van der Waals surface area contributed by atoms with E-state index in [0.29, 0.717) is 17.1 Å². The van der Waals surface area contributed by atoms with Crippen molar-refractivity contribution in [3.63, 3.8) is 0 Å². The van der Waals surface area contributed by atoms with Crippen LogP contribution in [0.25, 0.3) is 5.69 Å². The highest BCUT2D eigenvalue weighted by Gasteiger charge is 2.15. The van der Waals surface area contributed by atoms with E-state index in [9.17, 15) is 19.5 Å². The van der Waals surface area contributed by atoms with Gasteiger partial charge in [0.15, 0.2) is 0 Å². The molecule has 0 aliphatic heterocycles. The molecule has 0 spiro atoms. The van der Waals surface area contributed by atoms with Crippen LogP contribution in [0, 0.1) is 0 Å². The Labute approximate surface area is 193 Å². The van der Waals surface area contributed by atoms with Crippen molar-refractivity contribution in [2.45, 2.75) is 19.8 Å². The number of hydrogen-bond acceptors (Lipinski definition) is 7. The number of esters is 1. The molecule has 10 heteroatoms. The largest absolute Gasteiger partial charge is 0.497 e. The molecule has 3 rings (SSSR count). The molecule has 3 aromatic rings. The maximum atomic E-state index is 12.3. The lowest BCUT2D eigenvalue weighted by molar-refractivity contribution is 0.0500. The number of aromatic nitrogens is 2. The van der Waals surface area contributed by atoms with E-state index in [1.54, 1.807) is 24.3 Å². The molecule has 0 radical (unpaired) electrons. The SMILES string of the molecule is CCCCOC(=O)c1cc(N=Cc2c(O)n(-c3ccc(OC)cc3)c(=O)[nH]c2=O)ccc1Cl. The summed E-state index contributed by atoms with van der Waals surface area (Å²) in [6.07, 6.45) is 2.71. The molecule has 0 aliphatic carbocycles. The minimum absolute atomic E-state index is 0.128. The lowest BCUT2D eigenvalue weighted by Gasteiger charge is -2.10. The molecule has 0 unspecified atom stereocenters. The maximum Gasteiger partial charge on any atom is 0.339 e. The lowest BCUT2D eigenvalue weighted by atomic mass is 10.2. The molecule has 33 heavy (non-hydrogen) atoms. The standard InChI is InChI=1S/C23H22ClN3O6/c1-3-4-11-33-22(30)17-12-14(5-10-19(17)24)25-13-18-20(28)26-23(31)27(21(18)29)15-6-8-16(32-2)9-7-15/h5-10,12-13,29H,3-4,11H2,1-2H3,(H,26,28,31). The maximum absolute atomic E-state index is 12.3. The topological polar surface area (TPSA) is 123 Å². The fraction of sp³-hybridized carbons (Fsp3) is 0.217. The van der Waals surface area contributed by atoms with Crippen molar-refractivity contribution in [3.05, 3.63) is 79.5 Å². The van der Waals surface area contributed by atoms with Crippen LogP contribution in [-0.2, 0) is 4.74 Å². The van der Waals surface area contributed by atoms with Gasteiger partial charge in [-0.2, -0.15) is 0 Å². The average molecular weight is 472 g/mol. The predicted molar refractivity (Wildman–Crippen MR) is 125 cm³/mol. The van der Waals surface area contributed by atoms with Crippen LogP contribution in [0.2, 0.25) is 5.02 Å².